The van der Waals surface area contributed by atoms with Crippen LogP contribution in [0, 0.1) is 0 Å². The van der Waals surface area contributed by atoms with E-state index in [1.54, 1.807) is 6.07 Å². The third kappa shape index (κ3) is 9.08. The van der Waals surface area contributed by atoms with Gasteiger partial charge in [-0.05, 0) is 39.8 Å². The first kappa shape index (κ1) is 22.9. The van der Waals surface area contributed by atoms with Gasteiger partial charge in [0, 0.05) is 18.6 Å². The third-order valence-electron chi connectivity index (χ3n) is 2.32. The smallest absolute Gasteiger partial charge is 0.250 e. The molecule has 0 bridgehead atoms. The number of nitrogens with one attached hydrogen (secondary N) is 3. The minimum absolute atomic E-state index is 0. The van der Waals surface area contributed by atoms with Gasteiger partial charge in [-0.25, -0.2) is 13.1 Å². The number of sulfonamides is 1. The molecular formula is C13H24ClIN4O2S2. The van der Waals surface area contributed by atoms with Gasteiger partial charge in [-0.3, -0.25) is 4.99 Å². The van der Waals surface area contributed by atoms with Gasteiger partial charge < -0.3 is 10.6 Å². The first-order chi connectivity index (χ1) is 10.1. The maximum absolute atomic E-state index is 12.0. The van der Waals surface area contributed by atoms with Crippen molar-refractivity contribution in [2.45, 2.75) is 37.4 Å². The van der Waals surface area contributed by atoms with E-state index >= 15 is 0 Å². The molecular weight excluding hydrogens is 471 g/mol. The Morgan fingerprint density at radius 3 is 2.48 bits per heavy atom. The molecule has 0 saturated heterocycles. The highest BCUT2D eigenvalue weighted by molar-refractivity contribution is 14.0. The van der Waals surface area contributed by atoms with Gasteiger partial charge in [0.2, 0.25) is 10.0 Å². The van der Waals surface area contributed by atoms with E-state index in [0.717, 1.165) is 17.9 Å². The van der Waals surface area contributed by atoms with Gasteiger partial charge in [-0.2, -0.15) is 0 Å². The third-order valence-corrected chi connectivity index (χ3v) is 5.51. The molecule has 134 valence electrons. The molecule has 0 aliphatic heterocycles. The van der Waals surface area contributed by atoms with Crippen molar-refractivity contribution in [3.05, 3.63) is 16.5 Å². The monoisotopic (exact) mass is 494 g/mol. The molecule has 0 atom stereocenters. The molecule has 0 fully saturated rings. The molecule has 1 aromatic heterocycles. The summed E-state index contributed by atoms with van der Waals surface area (Å²) in [5.74, 6) is 0.661. The summed E-state index contributed by atoms with van der Waals surface area (Å²) in [6.45, 7) is 9.36. The number of halogens is 2. The number of hydrogen-bond acceptors (Lipinski definition) is 4. The second-order valence-corrected chi connectivity index (χ2v) is 9.30. The predicted molar refractivity (Wildman–Crippen MR) is 109 cm³/mol. The second kappa shape index (κ2) is 10.0. The van der Waals surface area contributed by atoms with Crippen LogP contribution >= 0.6 is 46.9 Å². The van der Waals surface area contributed by atoms with Crippen molar-refractivity contribution < 1.29 is 8.42 Å². The van der Waals surface area contributed by atoms with Crippen LogP contribution in [-0.2, 0) is 10.0 Å². The summed E-state index contributed by atoms with van der Waals surface area (Å²) in [7, 11) is -3.51. The molecule has 23 heavy (non-hydrogen) atoms. The van der Waals surface area contributed by atoms with Crippen LogP contribution in [0.3, 0.4) is 0 Å². The molecule has 0 aliphatic rings. The Balaban J connectivity index is 0.00000484. The van der Waals surface area contributed by atoms with Crippen molar-refractivity contribution in [1.29, 1.82) is 0 Å². The van der Waals surface area contributed by atoms with Crippen molar-refractivity contribution in [1.82, 2.24) is 15.4 Å². The first-order valence-electron chi connectivity index (χ1n) is 6.95. The van der Waals surface area contributed by atoms with Crippen LogP contribution in [0.15, 0.2) is 21.3 Å². The van der Waals surface area contributed by atoms with Crippen LogP contribution in [0.1, 0.15) is 27.7 Å². The van der Waals surface area contributed by atoms with E-state index in [1.807, 2.05) is 27.7 Å². The van der Waals surface area contributed by atoms with Crippen molar-refractivity contribution >= 4 is 62.9 Å². The average Bonchev–Trinajstić information content (AvgIpc) is 2.80. The molecule has 0 aliphatic carbocycles. The zero-order valence-corrected chi connectivity index (χ0v) is 18.4. The summed E-state index contributed by atoms with van der Waals surface area (Å²) < 4.78 is 27.2. The predicted octanol–water partition coefficient (Wildman–Crippen LogP) is 2.65. The summed E-state index contributed by atoms with van der Waals surface area (Å²) in [6.07, 6.45) is 0. The van der Waals surface area contributed by atoms with Crippen LogP contribution in [0.25, 0.3) is 0 Å². The molecule has 1 rings (SSSR count). The summed E-state index contributed by atoms with van der Waals surface area (Å²) >= 11 is 6.78. The fourth-order valence-corrected chi connectivity index (χ4v) is 4.07. The summed E-state index contributed by atoms with van der Waals surface area (Å²) in [5, 5.41) is 6.35. The van der Waals surface area contributed by atoms with Gasteiger partial charge >= 0.3 is 0 Å². The SMILES string of the molecule is CCNC(=NCCNS(=O)(=O)c1ccc(Cl)s1)NC(C)(C)C.I. The van der Waals surface area contributed by atoms with Crippen LogP contribution in [0.2, 0.25) is 4.34 Å². The number of aliphatic imine (C=N–C) groups is 1. The normalized spacial score (nSPS) is 12.7. The molecule has 1 aromatic rings. The molecule has 0 unspecified atom stereocenters. The summed E-state index contributed by atoms with van der Waals surface area (Å²) in [4.78, 5) is 4.35. The lowest BCUT2D eigenvalue weighted by atomic mass is 10.1. The lowest BCUT2D eigenvalue weighted by molar-refractivity contribution is 0.501. The molecule has 10 heteroatoms. The van der Waals surface area contributed by atoms with Gasteiger partial charge in [0.05, 0.1) is 10.9 Å². The molecule has 3 N–H and O–H groups in total. The van der Waals surface area contributed by atoms with Gasteiger partial charge in [-0.15, -0.1) is 35.3 Å². The second-order valence-electron chi connectivity index (χ2n) is 5.59. The maximum atomic E-state index is 12.0. The van der Waals surface area contributed by atoms with Gasteiger partial charge in [-0.1, -0.05) is 11.6 Å². The molecule has 6 nitrogen and oxygen atoms in total. The Kier molecular flexibility index (Phi) is 9.98. The Morgan fingerprint density at radius 1 is 1.35 bits per heavy atom. The molecule has 0 aromatic carbocycles. The van der Waals surface area contributed by atoms with E-state index in [0.29, 0.717) is 16.8 Å². The highest BCUT2D eigenvalue weighted by Gasteiger charge is 2.16. The Hall–Kier alpha value is -0.100. The lowest BCUT2D eigenvalue weighted by Gasteiger charge is -2.23. The molecule has 0 saturated carbocycles. The number of nitrogens with zero attached hydrogens (tertiary/aromatic N) is 1. The molecule has 0 amide bonds. The average molecular weight is 495 g/mol. The van der Waals surface area contributed by atoms with Crippen LogP contribution in [0.4, 0.5) is 0 Å². The van der Waals surface area contributed by atoms with Gasteiger partial charge in [0.15, 0.2) is 5.96 Å². The highest BCUT2D eigenvalue weighted by Crippen LogP contribution is 2.25. The summed E-state index contributed by atoms with van der Waals surface area (Å²) in [5.41, 5.74) is -0.117. The fraction of sp³-hybridized carbons (Fsp3) is 0.615. The minimum Gasteiger partial charge on any atom is -0.357 e. The topological polar surface area (TPSA) is 82.6 Å². The van der Waals surface area contributed by atoms with Crippen molar-refractivity contribution in [2.24, 2.45) is 4.99 Å². The number of hydrogen-bond donors (Lipinski definition) is 3. The first-order valence-corrected chi connectivity index (χ1v) is 9.63. The van der Waals surface area contributed by atoms with Crippen LogP contribution in [0.5, 0.6) is 0 Å². The zero-order valence-electron chi connectivity index (χ0n) is 13.6. The van der Waals surface area contributed by atoms with Gasteiger partial charge in [0.1, 0.15) is 4.21 Å². The van der Waals surface area contributed by atoms with Crippen LogP contribution in [-0.4, -0.2) is 39.6 Å². The number of guanidine groups is 1. The van der Waals surface area contributed by atoms with E-state index in [9.17, 15) is 8.42 Å². The lowest BCUT2D eigenvalue weighted by Crippen LogP contribution is -2.47. The fourth-order valence-electron chi connectivity index (χ4n) is 1.52. The number of rotatable bonds is 6. The van der Waals surface area contributed by atoms with Crippen molar-refractivity contribution in [2.75, 3.05) is 19.6 Å². The molecule has 1 heterocycles. The van der Waals surface area contributed by atoms with E-state index in [1.165, 1.54) is 6.07 Å². The maximum Gasteiger partial charge on any atom is 0.250 e. The van der Waals surface area contributed by atoms with E-state index < -0.39 is 10.0 Å². The zero-order chi connectivity index (χ0) is 16.8. The van der Waals surface area contributed by atoms with Gasteiger partial charge in [0.25, 0.3) is 0 Å². The number of thiophene rings is 1. The Labute approximate surface area is 164 Å². The van der Waals surface area contributed by atoms with Crippen molar-refractivity contribution in [3.63, 3.8) is 0 Å². The Bertz CT molecular complexity index is 612. The van der Waals surface area contributed by atoms with Crippen LogP contribution < -0.4 is 15.4 Å². The van der Waals surface area contributed by atoms with E-state index in [-0.39, 0.29) is 40.3 Å². The van der Waals surface area contributed by atoms with Crippen molar-refractivity contribution in [3.8, 4) is 0 Å². The van der Waals surface area contributed by atoms with E-state index in [4.69, 9.17) is 11.6 Å². The standard InChI is InChI=1S/C13H23ClN4O2S2.HI/c1-5-15-12(18-13(2,3)4)16-8-9-17-22(19,20)11-7-6-10(14)21-11;/h6-7,17H,5,8-9H2,1-4H3,(H2,15,16,18);1H. The minimum atomic E-state index is -3.51. The highest BCUT2D eigenvalue weighted by atomic mass is 127. The van der Waals surface area contributed by atoms with E-state index in [2.05, 4.69) is 20.3 Å². The quantitative estimate of drug-likeness (QED) is 0.246. The molecule has 0 radical (unpaired) electrons. The molecule has 0 spiro atoms. The Morgan fingerprint density at radius 2 is 2.00 bits per heavy atom. The largest absolute Gasteiger partial charge is 0.357 e. The summed E-state index contributed by atoms with van der Waals surface area (Å²) in [6, 6.07) is 3.05.